The van der Waals surface area contributed by atoms with Gasteiger partial charge in [0.15, 0.2) is 0 Å². The molecule has 0 atom stereocenters. The Bertz CT molecular complexity index is 694. The number of anilines is 1. The van der Waals surface area contributed by atoms with E-state index in [4.69, 9.17) is 0 Å². The summed E-state index contributed by atoms with van der Waals surface area (Å²) in [6.07, 6.45) is 4.54. The van der Waals surface area contributed by atoms with Crippen LogP contribution in [0, 0.1) is 17.0 Å². The third-order valence-corrected chi connectivity index (χ3v) is 2.78. The lowest BCUT2D eigenvalue weighted by Crippen LogP contribution is -2.10. The summed E-state index contributed by atoms with van der Waals surface area (Å²) in [5.74, 6) is 0.200. The molecule has 1 aromatic carbocycles. The van der Waals surface area contributed by atoms with Gasteiger partial charge in [0.05, 0.1) is 4.92 Å². The van der Waals surface area contributed by atoms with Gasteiger partial charge in [-0.05, 0) is 42.3 Å². The van der Waals surface area contributed by atoms with Crippen molar-refractivity contribution in [3.05, 3.63) is 69.9 Å². The molecule has 0 spiro atoms. The molecule has 0 aliphatic carbocycles. The van der Waals surface area contributed by atoms with Crippen LogP contribution in [0.5, 0.6) is 0 Å². The summed E-state index contributed by atoms with van der Waals surface area (Å²) >= 11 is 0. The van der Waals surface area contributed by atoms with Crippen LogP contribution in [-0.4, -0.2) is 15.8 Å². The van der Waals surface area contributed by atoms with Gasteiger partial charge in [-0.3, -0.25) is 14.9 Å². The van der Waals surface area contributed by atoms with Crippen LogP contribution in [0.4, 0.5) is 11.5 Å². The van der Waals surface area contributed by atoms with Crippen LogP contribution in [-0.2, 0) is 4.79 Å². The number of nitro groups is 1. The minimum atomic E-state index is -0.468. The molecule has 1 heterocycles. The number of nitro benzene ring substituents is 1. The molecule has 2 rings (SSSR count). The van der Waals surface area contributed by atoms with E-state index in [0.29, 0.717) is 11.4 Å². The van der Waals surface area contributed by atoms with Crippen molar-refractivity contribution in [2.75, 3.05) is 5.32 Å². The van der Waals surface area contributed by atoms with E-state index < -0.39 is 4.92 Å². The molecular formula is C15H13N3O3. The Morgan fingerprint density at radius 1 is 1.29 bits per heavy atom. The smallest absolute Gasteiger partial charge is 0.269 e. The predicted octanol–water partition coefficient (Wildman–Crippen LogP) is 2.95. The summed E-state index contributed by atoms with van der Waals surface area (Å²) in [4.78, 5) is 25.9. The summed E-state index contributed by atoms with van der Waals surface area (Å²) in [5, 5.41) is 13.2. The number of rotatable bonds is 4. The minimum absolute atomic E-state index is 0.0145. The van der Waals surface area contributed by atoms with E-state index >= 15 is 0 Å². The first-order chi connectivity index (χ1) is 10.1. The number of carbonyl (C=O) groups excluding carboxylic acids is 1. The third kappa shape index (κ3) is 3.97. The van der Waals surface area contributed by atoms with Gasteiger partial charge >= 0.3 is 0 Å². The van der Waals surface area contributed by atoms with Gasteiger partial charge in [-0.2, -0.15) is 0 Å². The highest BCUT2D eigenvalue weighted by Crippen LogP contribution is 2.13. The van der Waals surface area contributed by atoms with E-state index in [-0.39, 0.29) is 11.6 Å². The summed E-state index contributed by atoms with van der Waals surface area (Å²) in [6.45, 7) is 1.85. The number of pyridine rings is 1. The Balaban J connectivity index is 2.02. The van der Waals surface area contributed by atoms with Gasteiger partial charge in [0.25, 0.3) is 5.69 Å². The number of carbonyl (C=O) groups is 1. The number of aromatic nitrogens is 1. The summed E-state index contributed by atoms with van der Waals surface area (Å²) in [7, 11) is 0. The van der Waals surface area contributed by atoms with Crippen molar-refractivity contribution < 1.29 is 9.72 Å². The molecule has 0 saturated carbocycles. The molecule has 0 unspecified atom stereocenters. The van der Waals surface area contributed by atoms with Crippen molar-refractivity contribution >= 4 is 23.5 Å². The molecule has 0 aliphatic rings. The van der Waals surface area contributed by atoms with Crippen molar-refractivity contribution in [2.45, 2.75) is 6.92 Å². The summed E-state index contributed by atoms with van der Waals surface area (Å²) in [6, 6.07) is 9.57. The molecule has 0 bridgehead atoms. The molecule has 2 aromatic rings. The molecule has 0 saturated heterocycles. The number of amides is 1. The van der Waals surface area contributed by atoms with Crippen molar-refractivity contribution in [1.29, 1.82) is 0 Å². The fourth-order valence-corrected chi connectivity index (χ4v) is 1.65. The van der Waals surface area contributed by atoms with Gasteiger partial charge in [-0.25, -0.2) is 4.98 Å². The molecule has 21 heavy (non-hydrogen) atoms. The van der Waals surface area contributed by atoms with E-state index in [1.165, 1.54) is 18.2 Å². The standard InChI is InChI=1S/C15H13N3O3/c1-11-3-2-10-16-15(11)17-14(19)9-6-12-4-7-13(8-5-12)18(20)21/h2-10H,1H3,(H,16,17,19)/b9-6+. The number of aryl methyl sites for hydroxylation is 1. The predicted molar refractivity (Wildman–Crippen MR) is 79.7 cm³/mol. The quantitative estimate of drug-likeness (QED) is 0.531. The Morgan fingerprint density at radius 3 is 2.62 bits per heavy atom. The minimum Gasteiger partial charge on any atom is -0.307 e. The summed E-state index contributed by atoms with van der Waals surface area (Å²) in [5.41, 5.74) is 1.59. The van der Waals surface area contributed by atoms with E-state index in [2.05, 4.69) is 10.3 Å². The Morgan fingerprint density at radius 2 is 2.00 bits per heavy atom. The highest BCUT2D eigenvalue weighted by atomic mass is 16.6. The molecule has 106 valence electrons. The molecule has 0 aliphatic heterocycles. The average Bonchev–Trinajstić information content (AvgIpc) is 2.48. The lowest BCUT2D eigenvalue weighted by atomic mass is 10.2. The SMILES string of the molecule is Cc1cccnc1NC(=O)/C=C/c1ccc([N+](=O)[O-])cc1. The largest absolute Gasteiger partial charge is 0.307 e. The lowest BCUT2D eigenvalue weighted by molar-refractivity contribution is -0.384. The second kappa shape index (κ2) is 6.42. The maximum absolute atomic E-state index is 11.8. The van der Waals surface area contributed by atoms with Gasteiger partial charge in [-0.1, -0.05) is 6.07 Å². The van der Waals surface area contributed by atoms with E-state index in [1.807, 2.05) is 13.0 Å². The average molecular weight is 283 g/mol. The number of nitrogens with one attached hydrogen (secondary N) is 1. The Hall–Kier alpha value is -3.02. The van der Waals surface area contributed by atoms with E-state index in [9.17, 15) is 14.9 Å². The summed E-state index contributed by atoms with van der Waals surface area (Å²) < 4.78 is 0. The van der Waals surface area contributed by atoms with Crippen LogP contribution in [0.1, 0.15) is 11.1 Å². The zero-order valence-electron chi connectivity index (χ0n) is 11.3. The maximum Gasteiger partial charge on any atom is 0.269 e. The lowest BCUT2D eigenvalue weighted by Gasteiger charge is -2.03. The fraction of sp³-hybridized carbons (Fsp3) is 0.0667. The monoisotopic (exact) mass is 283 g/mol. The third-order valence-electron chi connectivity index (χ3n) is 2.78. The maximum atomic E-state index is 11.8. The number of non-ortho nitro benzene ring substituents is 1. The zero-order chi connectivity index (χ0) is 15.2. The van der Waals surface area contributed by atoms with Gasteiger partial charge in [0, 0.05) is 24.4 Å². The molecule has 1 N–H and O–H groups in total. The van der Waals surface area contributed by atoms with Crippen LogP contribution in [0.2, 0.25) is 0 Å². The Labute approximate surface area is 121 Å². The molecule has 6 nitrogen and oxygen atoms in total. The second-order valence-corrected chi connectivity index (χ2v) is 4.34. The molecule has 1 aromatic heterocycles. The number of nitrogens with zero attached hydrogens (tertiary/aromatic N) is 2. The number of benzene rings is 1. The van der Waals surface area contributed by atoms with E-state index in [0.717, 1.165) is 5.56 Å². The van der Waals surface area contributed by atoms with Crippen molar-refractivity contribution in [1.82, 2.24) is 4.98 Å². The zero-order valence-corrected chi connectivity index (χ0v) is 11.3. The first kappa shape index (κ1) is 14.4. The highest BCUT2D eigenvalue weighted by molar-refractivity contribution is 6.01. The first-order valence-corrected chi connectivity index (χ1v) is 6.21. The van der Waals surface area contributed by atoms with Crippen LogP contribution in [0.15, 0.2) is 48.7 Å². The van der Waals surface area contributed by atoms with Crippen LogP contribution >= 0.6 is 0 Å². The van der Waals surface area contributed by atoms with Gasteiger partial charge in [0.1, 0.15) is 5.82 Å². The van der Waals surface area contributed by atoms with Gasteiger partial charge < -0.3 is 5.32 Å². The highest BCUT2D eigenvalue weighted by Gasteiger charge is 2.04. The topological polar surface area (TPSA) is 85.1 Å². The van der Waals surface area contributed by atoms with Crippen molar-refractivity contribution in [3.63, 3.8) is 0 Å². The number of hydrogen-bond acceptors (Lipinski definition) is 4. The molecule has 0 fully saturated rings. The molecule has 1 amide bonds. The fourth-order valence-electron chi connectivity index (χ4n) is 1.65. The van der Waals surface area contributed by atoms with Gasteiger partial charge in [0.2, 0.25) is 5.91 Å². The molecule has 6 heteroatoms. The molecular weight excluding hydrogens is 270 g/mol. The first-order valence-electron chi connectivity index (χ1n) is 6.21. The van der Waals surface area contributed by atoms with Crippen LogP contribution in [0.3, 0.4) is 0 Å². The Kier molecular flexibility index (Phi) is 4.40. The normalized spacial score (nSPS) is 10.5. The second-order valence-electron chi connectivity index (χ2n) is 4.34. The number of hydrogen-bond donors (Lipinski definition) is 1. The van der Waals surface area contributed by atoms with Crippen LogP contribution in [0.25, 0.3) is 6.08 Å². The van der Waals surface area contributed by atoms with Crippen molar-refractivity contribution in [2.24, 2.45) is 0 Å². The van der Waals surface area contributed by atoms with Crippen molar-refractivity contribution in [3.8, 4) is 0 Å². The van der Waals surface area contributed by atoms with Gasteiger partial charge in [-0.15, -0.1) is 0 Å². The van der Waals surface area contributed by atoms with Crippen LogP contribution < -0.4 is 5.32 Å². The molecule has 0 radical (unpaired) electrons. The van der Waals surface area contributed by atoms with E-state index in [1.54, 1.807) is 30.5 Å².